The number of rotatable bonds is 13. The highest BCUT2D eigenvalue weighted by atomic mass is 79.9. The second-order valence-corrected chi connectivity index (χ2v) is 21.3. The summed E-state index contributed by atoms with van der Waals surface area (Å²) in [7, 11) is 16.4. The van der Waals surface area contributed by atoms with E-state index in [1.807, 2.05) is 27.7 Å². The number of pyridine rings is 3. The molecule has 1 saturated heterocycles. The number of aryl methyl sites for hydroxylation is 6. The van der Waals surface area contributed by atoms with Crippen molar-refractivity contribution >= 4 is 39.5 Å². The van der Waals surface area contributed by atoms with E-state index in [0.717, 1.165) is 30.8 Å². The molecule has 484 valence electrons. The van der Waals surface area contributed by atoms with Gasteiger partial charge in [0.05, 0.1) is 91.5 Å². The Morgan fingerprint density at radius 2 is 0.902 bits per heavy atom. The average Bonchev–Trinajstić information content (AvgIpc) is 1.62. The maximum atomic E-state index is 13.9. The predicted octanol–water partition coefficient (Wildman–Crippen LogP) is 6.02. The molecular formula is C57H59BrF2N16O16. The lowest BCUT2D eigenvalue weighted by Gasteiger charge is -2.30. The van der Waals surface area contributed by atoms with Crippen LogP contribution in [0.4, 0.5) is 14.5 Å². The molecule has 0 saturated carbocycles. The van der Waals surface area contributed by atoms with E-state index in [1.54, 1.807) is 56.2 Å². The van der Waals surface area contributed by atoms with Crippen LogP contribution >= 0.6 is 15.9 Å². The molecule has 1 N–H and O–H groups in total. The van der Waals surface area contributed by atoms with E-state index in [0.29, 0.717) is 62.2 Å². The Hall–Kier alpha value is -10.8. The molecule has 0 unspecified atom stereocenters. The molecule has 1 amide bonds. The van der Waals surface area contributed by atoms with Crippen LogP contribution in [0.25, 0.3) is 56.9 Å². The molecular weight excluding hydrogens is 1280 g/mol. The van der Waals surface area contributed by atoms with Gasteiger partial charge in [-0.05, 0) is 86.1 Å². The van der Waals surface area contributed by atoms with Crippen molar-refractivity contribution in [2.45, 2.75) is 45.2 Å². The van der Waals surface area contributed by atoms with Crippen LogP contribution in [0.2, 0.25) is 0 Å². The molecule has 0 spiro atoms. The van der Waals surface area contributed by atoms with Crippen LogP contribution < -0.4 is 36.8 Å². The van der Waals surface area contributed by atoms with Crippen LogP contribution in [0.3, 0.4) is 0 Å². The average molecular weight is 1340 g/mol. The van der Waals surface area contributed by atoms with Crippen LogP contribution in [0, 0.1) is 11.6 Å². The first-order valence-electron chi connectivity index (χ1n) is 26.8. The quantitative estimate of drug-likeness (QED) is 0.129. The Labute approximate surface area is 527 Å². The maximum Gasteiger partial charge on any atom is 0.437 e. The Balaban J connectivity index is 0.000000165. The van der Waals surface area contributed by atoms with E-state index in [-0.39, 0.29) is 34.9 Å². The largest absolute Gasteiger partial charge is 0.481 e. The minimum Gasteiger partial charge on any atom is -0.481 e. The topological polar surface area (TPSA) is 364 Å². The van der Waals surface area contributed by atoms with Crippen LogP contribution in [0.5, 0.6) is 17.6 Å². The standard InChI is InChI=1S/C20H16F2N6O4.C16H21N3O5.C15H15N5O5.C6H7BrN2O2/c1-27-15(8-14(25-27)17(29)24-16-12(21)5-4-6-13(16)22)11-7-10(9-23-19(11)31-3)18-26-28(2)20(30)32-18;1-15(2)16(3,4)24-13(23-15)10-7-9(8-17-12(10)21-6)11-18-19(5)14(20)22-11;1-19-11(6-10(17-19)14(21)24-4)9-5-8(7-16-13(9)23-3)12-18-20(2)15(22)25-12;1-9-5(7)3-4(8-9)6(10)11-2/h4-9H,1-3H3,(H,24,29);7-8,13H,1-6H3;5-7H,1-4H3;3H,1-2H3. The van der Waals surface area contributed by atoms with Gasteiger partial charge in [-0.15, -0.1) is 15.3 Å². The fraction of sp³-hybridized carbons (Fsp3) is 0.316. The highest BCUT2D eigenvalue weighted by Gasteiger charge is 2.50. The van der Waals surface area contributed by atoms with Gasteiger partial charge in [-0.2, -0.15) is 29.3 Å². The van der Waals surface area contributed by atoms with Crippen LogP contribution in [-0.4, -0.2) is 138 Å². The highest BCUT2D eigenvalue weighted by Crippen LogP contribution is 2.47. The summed E-state index contributed by atoms with van der Waals surface area (Å²) in [5, 5.41) is 26.3. The van der Waals surface area contributed by atoms with Gasteiger partial charge in [0.2, 0.25) is 17.6 Å². The molecule has 0 atom stereocenters. The number of para-hydroxylation sites is 1. The number of hydrogen-bond donors (Lipinski definition) is 1. The molecule has 32 nitrogen and oxygen atoms in total. The number of ether oxygens (including phenoxy) is 7. The van der Waals surface area contributed by atoms with E-state index < -0.39 is 69.9 Å². The number of nitrogens with zero attached hydrogens (tertiary/aromatic N) is 15. The van der Waals surface area contributed by atoms with Gasteiger partial charge in [0, 0.05) is 66.9 Å². The normalized spacial score (nSPS) is 13.0. The number of nitrogens with one attached hydrogen (secondary N) is 1. The molecule has 1 aromatic carbocycles. The number of methoxy groups -OCH3 is 5. The summed E-state index contributed by atoms with van der Waals surface area (Å²) in [5.41, 5.74) is 2.79. The lowest BCUT2D eigenvalue weighted by Crippen LogP contribution is -2.41. The summed E-state index contributed by atoms with van der Waals surface area (Å²) < 4.78 is 88.6. The van der Waals surface area contributed by atoms with Crippen molar-refractivity contribution in [1.82, 2.24) is 73.6 Å². The summed E-state index contributed by atoms with van der Waals surface area (Å²) in [5.74, 6) is -4.12. The molecule has 0 aliphatic carbocycles. The first-order valence-corrected chi connectivity index (χ1v) is 27.6. The number of carbonyl (C=O) groups excluding carboxylic acids is 3. The minimum absolute atomic E-state index is 0.0454. The number of aromatic nitrogens is 15. The second-order valence-electron chi connectivity index (χ2n) is 20.4. The van der Waals surface area contributed by atoms with Gasteiger partial charge in [-0.3, -0.25) is 18.8 Å². The molecule has 0 bridgehead atoms. The van der Waals surface area contributed by atoms with E-state index in [4.69, 9.17) is 36.9 Å². The SMILES string of the molecule is COC(=O)c1cc(-c2cc(-c3nn(C)c(=O)o3)cnc2OC)n(C)n1.COC(=O)c1cc(Br)n(C)n1.COc1ncc(-c2nn(C)c(=O)o2)cc1-c1cc(C(=O)Nc2c(F)cccc2F)nn1C.COc1ncc(-c2nn(C)c(=O)o2)cc1C1OC(C)(C)C(C)(C)O1. The molecule has 1 aliphatic rings. The lowest BCUT2D eigenvalue weighted by atomic mass is 9.90. The molecule has 1 fully saturated rings. The number of carbonyl (C=O) groups is 3. The van der Waals surface area contributed by atoms with Crippen LogP contribution in [-0.2, 0) is 61.2 Å². The summed E-state index contributed by atoms with van der Waals surface area (Å²) in [6, 6.07) is 12.9. The van der Waals surface area contributed by atoms with Crippen molar-refractivity contribution in [3.05, 3.63) is 144 Å². The van der Waals surface area contributed by atoms with E-state index in [9.17, 15) is 37.5 Å². The molecule has 10 aromatic rings. The smallest absolute Gasteiger partial charge is 0.437 e. The number of anilines is 1. The highest BCUT2D eigenvalue weighted by molar-refractivity contribution is 9.10. The summed E-state index contributed by atoms with van der Waals surface area (Å²) in [6.07, 6.45) is 3.77. The molecule has 1 aliphatic heterocycles. The molecule has 0 radical (unpaired) electrons. The van der Waals surface area contributed by atoms with Crippen molar-refractivity contribution < 1.29 is 69.6 Å². The maximum absolute atomic E-state index is 13.9. The zero-order valence-corrected chi connectivity index (χ0v) is 53.5. The van der Waals surface area contributed by atoms with Crippen LogP contribution in [0.1, 0.15) is 71.0 Å². The monoisotopic (exact) mass is 1340 g/mol. The third kappa shape index (κ3) is 14.4. The Morgan fingerprint density at radius 3 is 1.28 bits per heavy atom. The Kier molecular flexibility index (Phi) is 20.1. The van der Waals surface area contributed by atoms with Gasteiger partial charge < -0.3 is 51.7 Å². The molecule has 92 heavy (non-hydrogen) atoms. The third-order valence-electron chi connectivity index (χ3n) is 13.8. The molecule has 11 rings (SSSR count). The van der Waals surface area contributed by atoms with Crippen molar-refractivity contribution in [1.29, 1.82) is 0 Å². The Morgan fingerprint density at radius 1 is 0.522 bits per heavy atom. The first kappa shape index (κ1) is 67.1. The number of hydrogen-bond acceptors (Lipinski definition) is 25. The predicted molar refractivity (Wildman–Crippen MR) is 320 cm³/mol. The van der Waals surface area contributed by atoms with Gasteiger partial charge in [0.1, 0.15) is 21.9 Å². The number of halogens is 3. The van der Waals surface area contributed by atoms with Gasteiger partial charge in [-0.1, -0.05) is 6.07 Å². The summed E-state index contributed by atoms with van der Waals surface area (Å²) in [4.78, 5) is 82.4. The summed E-state index contributed by atoms with van der Waals surface area (Å²) in [6.45, 7) is 7.87. The minimum atomic E-state index is -0.912. The number of benzene rings is 1. The molecule has 10 heterocycles. The zero-order valence-electron chi connectivity index (χ0n) is 51.9. The van der Waals surface area contributed by atoms with Crippen molar-refractivity contribution in [2.75, 3.05) is 40.9 Å². The van der Waals surface area contributed by atoms with Gasteiger partial charge >= 0.3 is 29.2 Å². The Bertz CT molecular complexity index is 4520. The van der Waals surface area contributed by atoms with Gasteiger partial charge in [0.15, 0.2) is 23.4 Å². The molecule has 9 aromatic heterocycles. The fourth-order valence-corrected chi connectivity index (χ4v) is 8.61. The number of esters is 2. The van der Waals surface area contributed by atoms with Crippen molar-refractivity contribution in [2.24, 2.45) is 42.3 Å². The van der Waals surface area contributed by atoms with E-state index in [2.05, 4.69) is 76.3 Å². The lowest BCUT2D eigenvalue weighted by molar-refractivity contribution is -0.0908. The molecule has 35 heteroatoms. The summed E-state index contributed by atoms with van der Waals surface area (Å²) >= 11 is 3.21. The number of amides is 1. The first-order chi connectivity index (χ1) is 43.5. The van der Waals surface area contributed by atoms with Gasteiger partial charge in [-0.25, -0.2) is 47.7 Å². The third-order valence-corrected chi connectivity index (χ3v) is 14.6. The zero-order chi connectivity index (χ0) is 67.3. The van der Waals surface area contributed by atoms with E-state index in [1.165, 1.54) is 96.8 Å². The van der Waals surface area contributed by atoms with Crippen molar-refractivity contribution in [3.8, 4) is 74.5 Å². The second kappa shape index (κ2) is 27.5. The van der Waals surface area contributed by atoms with Crippen LogP contribution in [0.15, 0.2) is 105 Å². The van der Waals surface area contributed by atoms with Crippen molar-refractivity contribution in [3.63, 3.8) is 0 Å². The van der Waals surface area contributed by atoms with Gasteiger partial charge in [0.25, 0.3) is 23.6 Å². The fourth-order valence-electron chi connectivity index (χ4n) is 8.31. The van der Waals surface area contributed by atoms with E-state index >= 15 is 0 Å².